The van der Waals surface area contributed by atoms with Crippen molar-refractivity contribution >= 4 is 22.6 Å². The number of aromatic nitrogens is 2. The number of nitrogens with zero attached hydrogens (tertiary/aromatic N) is 2. The Balaban J connectivity index is 1.97. The number of H-pyrrole nitrogens is 1. The van der Waals surface area contributed by atoms with Crippen molar-refractivity contribution in [2.75, 3.05) is 11.9 Å². The maximum absolute atomic E-state index is 12.6. The Kier molecular flexibility index (Phi) is 3.22. The van der Waals surface area contributed by atoms with Crippen LogP contribution in [0.25, 0.3) is 11.0 Å². The van der Waals surface area contributed by atoms with Crippen LogP contribution < -0.4 is 4.90 Å². The van der Waals surface area contributed by atoms with E-state index in [2.05, 4.69) is 9.97 Å². The number of hydrogen-bond donors (Lipinski definition) is 1. The molecule has 1 aromatic heterocycles. The lowest BCUT2D eigenvalue weighted by molar-refractivity contribution is 0.0992. The zero-order valence-electron chi connectivity index (χ0n) is 12.3. The number of carbonyl (C=O) groups is 1. The summed E-state index contributed by atoms with van der Waals surface area (Å²) in [6.07, 6.45) is 0. The number of aromatic amines is 1. The molecule has 4 nitrogen and oxygen atoms in total. The van der Waals surface area contributed by atoms with E-state index < -0.39 is 0 Å². The van der Waals surface area contributed by atoms with Crippen molar-refractivity contribution in [3.63, 3.8) is 0 Å². The Morgan fingerprint density at radius 3 is 2.67 bits per heavy atom. The van der Waals surface area contributed by atoms with Crippen molar-refractivity contribution < 1.29 is 4.79 Å². The third-order valence-electron chi connectivity index (χ3n) is 3.65. The molecule has 0 aliphatic rings. The van der Waals surface area contributed by atoms with Gasteiger partial charge in [-0.1, -0.05) is 18.2 Å². The lowest BCUT2D eigenvalue weighted by atomic mass is 10.1. The molecule has 0 saturated carbocycles. The first-order valence-corrected chi connectivity index (χ1v) is 6.86. The summed E-state index contributed by atoms with van der Waals surface area (Å²) >= 11 is 0. The van der Waals surface area contributed by atoms with Crippen LogP contribution in [0, 0.1) is 13.8 Å². The van der Waals surface area contributed by atoms with E-state index in [1.165, 1.54) is 0 Å². The molecule has 2 aromatic carbocycles. The van der Waals surface area contributed by atoms with Crippen molar-refractivity contribution in [1.29, 1.82) is 0 Å². The number of amides is 1. The van der Waals surface area contributed by atoms with E-state index in [1.807, 2.05) is 56.3 Å². The predicted molar refractivity (Wildman–Crippen MR) is 84.7 cm³/mol. The van der Waals surface area contributed by atoms with E-state index >= 15 is 0 Å². The van der Waals surface area contributed by atoms with Crippen molar-refractivity contribution in [2.24, 2.45) is 0 Å². The average Bonchev–Trinajstić information content (AvgIpc) is 2.85. The molecule has 3 aromatic rings. The van der Waals surface area contributed by atoms with Gasteiger partial charge in [0.2, 0.25) is 0 Å². The summed E-state index contributed by atoms with van der Waals surface area (Å²) < 4.78 is 0. The molecule has 1 heterocycles. The Morgan fingerprint density at radius 1 is 1.14 bits per heavy atom. The highest BCUT2D eigenvalue weighted by molar-refractivity contribution is 6.07. The van der Waals surface area contributed by atoms with E-state index in [0.29, 0.717) is 0 Å². The quantitative estimate of drug-likeness (QED) is 0.781. The van der Waals surface area contributed by atoms with E-state index in [-0.39, 0.29) is 5.91 Å². The van der Waals surface area contributed by atoms with Crippen LogP contribution in [0.4, 0.5) is 5.69 Å². The molecule has 21 heavy (non-hydrogen) atoms. The van der Waals surface area contributed by atoms with Gasteiger partial charge in [0.05, 0.1) is 11.0 Å². The highest BCUT2D eigenvalue weighted by Crippen LogP contribution is 2.22. The first kappa shape index (κ1) is 13.4. The number of nitrogens with one attached hydrogen (secondary N) is 1. The Hall–Kier alpha value is -2.62. The highest BCUT2D eigenvalue weighted by Gasteiger charge is 2.15. The summed E-state index contributed by atoms with van der Waals surface area (Å²) in [4.78, 5) is 21.8. The molecule has 4 heteroatoms. The third-order valence-corrected chi connectivity index (χ3v) is 3.65. The van der Waals surface area contributed by atoms with Crippen molar-refractivity contribution in [2.45, 2.75) is 13.8 Å². The molecule has 106 valence electrons. The van der Waals surface area contributed by atoms with Crippen molar-refractivity contribution in [3.05, 3.63) is 59.4 Å². The predicted octanol–water partition coefficient (Wildman–Crippen LogP) is 3.46. The van der Waals surface area contributed by atoms with E-state index in [1.54, 1.807) is 11.9 Å². The van der Waals surface area contributed by atoms with Gasteiger partial charge in [-0.15, -0.1) is 0 Å². The summed E-state index contributed by atoms with van der Waals surface area (Å²) in [7, 11) is 1.79. The molecule has 0 radical (unpaired) electrons. The van der Waals surface area contributed by atoms with Gasteiger partial charge in [-0.2, -0.15) is 0 Å². The molecular formula is C17H17N3O. The monoisotopic (exact) mass is 279 g/mol. The fourth-order valence-corrected chi connectivity index (χ4v) is 2.44. The summed E-state index contributed by atoms with van der Waals surface area (Å²) in [6, 6.07) is 13.4. The van der Waals surface area contributed by atoms with Crippen LogP contribution >= 0.6 is 0 Å². The van der Waals surface area contributed by atoms with Crippen LogP contribution in [-0.2, 0) is 0 Å². The maximum atomic E-state index is 12.6. The molecule has 0 fully saturated rings. The van der Waals surface area contributed by atoms with Gasteiger partial charge < -0.3 is 9.88 Å². The van der Waals surface area contributed by atoms with Gasteiger partial charge in [-0.3, -0.25) is 4.79 Å². The Morgan fingerprint density at radius 2 is 1.90 bits per heavy atom. The number of benzene rings is 2. The standard InChI is InChI=1S/C17H17N3O/c1-11-6-4-5-7-14(11)17(21)20(3)13-8-9-15-16(10-13)19-12(2)18-15/h4-10H,1-3H3,(H,18,19). The zero-order chi connectivity index (χ0) is 15.0. The first-order chi connectivity index (χ1) is 10.1. The van der Waals surface area contributed by atoms with Crippen LogP contribution in [0.5, 0.6) is 0 Å². The molecule has 0 spiro atoms. The van der Waals surface area contributed by atoms with Crippen LogP contribution in [0.1, 0.15) is 21.7 Å². The van der Waals surface area contributed by atoms with Gasteiger partial charge in [0.1, 0.15) is 5.82 Å². The van der Waals surface area contributed by atoms with E-state index in [4.69, 9.17) is 0 Å². The topological polar surface area (TPSA) is 49.0 Å². The fraction of sp³-hybridized carbons (Fsp3) is 0.176. The van der Waals surface area contributed by atoms with Gasteiger partial charge in [0, 0.05) is 18.3 Å². The van der Waals surface area contributed by atoms with Crippen LogP contribution in [0.2, 0.25) is 0 Å². The average molecular weight is 279 g/mol. The molecule has 1 amide bonds. The van der Waals surface area contributed by atoms with Gasteiger partial charge in [0.25, 0.3) is 5.91 Å². The zero-order valence-corrected chi connectivity index (χ0v) is 12.3. The smallest absolute Gasteiger partial charge is 0.258 e. The molecule has 0 unspecified atom stereocenters. The summed E-state index contributed by atoms with van der Waals surface area (Å²) in [6.45, 7) is 3.87. The second-order valence-electron chi connectivity index (χ2n) is 5.20. The Bertz CT molecular complexity index is 820. The molecule has 0 aliphatic carbocycles. The number of aryl methyl sites for hydroxylation is 2. The minimum Gasteiger partial charge on any atom is -0.342 e. The maximum Gasteiger partial charge on any atom is 0.258 e. The number of rotatable bonds is 2. The molecule has 0 bridgehead atoms. The molecule has 1 N–H and O–H groups in total. The third kappa shape index (κ3) is 2.40. The van der Waals surface area contributed by atoms with E-state index in [0.717, 1.165) is 33.7 Å². The Labute approximate surface area is 123 Å². The second-order valence-corrected chi connectivity index (χ2v) is 5.20. The number of anilines is 1. The summed E-state index contributed by atoms with van der Waals surface area (Å²) in [5.41, 5.74) is 4.40. The van der Waals surface area contributed by atoms with Gasteiger partial charge in [-0.05, 0) is 43.7 Å². The van der Waals surface area contributed by atoms with Crippen molar-refractivity contribution in [1.82, 2.24) is 9.97 Å². The highest BCUT2D eigenvalue weighted by atomic mass is 16.2. The lowest BCUT2D eigenvalue weighted by Crippen LogP contribution is -2.26. The number of imidazole rings is 1. The SMILES string of the molecule is Cc1nc2ccc(N(C)C(=O)c3ccccc3C)cc2[nH]1. The van der Waals surface area contributed by atoms with Crippen molar-refractivity contribution in [3.8, 4) is 0 Å². The lowest BCUT2D eigenvalue weighted by Gasteiger charge is -2.18. The molecule has 0 aliphatic heterocycles. The normalized spacial score (nSPS) is 10.8. The molecule has 3 rings (SSSR count). The van der Waals surface area contributed by atoms with Crippen LogP contribution in [0.3, 0.4) is 0 Å². The number of hydrogen-bond acceptors (Lipinski definition) is 2. The number of fused-ring (bicyclic) bond motifs is 1. The van der Waals surface area contributed by atoms with Crippen LogP contribution in [0.15, 0.2) is 42.5 Å². The largest absolute Gasteiger partial charge is 0.342 e. The number of carbonyl (C=O) groups excluding carboxylic acids is 1. The minimum atomic E-state index is -0.0105. The second kappa shape index (κ2) is 5.05. The molecular weight excluding hydrogens is 262 g/mol. The molecule has 0 atom stereocenters. The first-order valence-electron chi connectivity index (χ1n) is 6.86. The fourth-order valence-electron chi connectivity index (χ4n) is 2.44. The van der Waals surface area contributed by atoms with Crippen LogP contribution in [-0.4, -0.2) is 22.9 Å². The van der Waals surface area contributed by atoms with E-state index in [9.17, 15) is 4.79 Å². The summed E-state index contributed by atoms with van der Waals surface area (Å²) in [5, 5.41) is 0. The summed E-state index contributed by atoms with van der Waals surface area (Å²) in [5.74, 6) is 0.860. The van der Waals surface area contributed by atoms with Gasteiger partial charge in [0.15, 0.2) is 0 Å². The van der Waals surface area contributed by atoms with Gasteiger partial charge in [-0.25, -0.2) is 4.98 Å². The molecule has 0 saturated heterocycles. The van der Waals surface area contributed by atoms with Gasteiger partial charge >= 0.3 is 0 Å². The minimum absolute atomic E-state index is 0.0105.